The molecule has 12 heavy (non-hydrogen) atoms. The number of aliphatic hydroxyl groups excluding tert-OH is 1. The van der Waals surface area contributed by atoms with E-state index in [2.05, 4.69) is 13.8 Å². The number of hydrogen-bond acceptors (Lipinski definition) is 3. The van der Waals surface area contributed by atoms with Crippen molar-refractivity contribution in [1.29, 1.82) is 0 Å². The molecule has 0 spiro atoms. The lowest BCUT2D eigenvalue weighted by Gasteiger charge is -2.20. The van der Waals surface area contributed by atoms with Gasteiger partial charge in [0.1, 0.15) is 0 Å². The first-order valence-electron chi connectivity index (χ1n) is 4.58. The molecule has 0 aromatic heterocycles. The number of nitrogens with two attached hydrogens (primary N) is 1. The third kappa shape index (κ3) is 2.73. The van der Waals surface area contributed by atoms with E-state index >= 15 is 0 Å². The van der Waals surface area contributed by atoms with E-state index in [9.17, 15) is 0 Å². The van der Waals surface area contributed by atoms with Crippen LogP contribution in [0.3, 0.4) is 0 Å². The van der Waals surface area contributed by atoms with Gasteiger partial charge in [-0.15, -0.1) is 0 Å². The Bertz CT molecular complexity index is 147. The van der Waals surface area contributed by atoms with Gasteiger partial charge in [0.05, 0.1) is 18.3 Å². The molecule has 0 aromatic carbocycles. The molecule has 0 radical (unpaired) electrons. The largest absolute Gasteiger partial charge is 0.395 e. The second-order valence-electron chi connectivity index (χ2n) is 4.22. The van der Waals surface area contributed by atoms with E-state index in [1.165, 1.54) is 0 Å². The number of rotatable bonds is 3. The molecule has 3 nitrogen and oxygen atoms in total. The van der Waals surface area contributed by atoms with Gasteiger partial charge >= 0.3 is 0 Å². The van der Waals surface area contributed by atoms with Gasteiger partial charge in [-0.2, -0.15) is 0 Å². The SMILES string of the molecule is CC1(C)CCC(CC(N)CO)O1. The fraction of sp³-hybridized carbons (Fsp3) is 1.00. The third-order valence-corrected chi connectivity index (χ3v) is 2.35. The Hall–Kier alpha value is -0.120. The summed E-state index contributed by atoms with van der Waals surface area (Å²) in [4.78, 5) is 0. The van der Waals surface area contributed by atoms with Crippen LogP contribution in [0.5, 0.6) is 0 Å². The van der Waals surface area contributed by atoms with Gasteiger partial charge in [0.15, 0.2) is 0 Å². The second-order valence-corrected chi connectivity index (χ2v) is 4.22. The summed E-state index contributed by atoms with van der Waals surface area (Å²) in [5.74, 6) is 0. The van der Waals surface area contributed by atoms with Gasteiger partial charge < -0.3 is 15.6 Å². The first kappa shape index (κ1) is 9.96. The van der Waals surface area contributed by atoms with E-state index < -0.39 is 0 Å². The van der Waals surface area contributed by atoms with Crippen molar-refractivity contribution >= 4 is 0 Å². The zero-order valence-electron chi connectivity index (χ0n) is 7.92. The van der Waals surface area contributed by atoms with Crippen LogP contribution >= 0.6 is 0 Å². The van der Waals surface area contributed by atoms with Crippen molar-refractivity contribution in [3.8, 4) is 0 Å². The molecule has 1 rings (SSSR count). The Kier molecular flexibility index (Phi) is 3.09. The van der Waals surface area contributed by atoms with Gasteiger partial charge in [0, 0.05) is 6.04 Å². The van der Waals surface area contributed by atoms with Crippen molar-refractivity contribution in [2.24, 2.45) is 5.73 Å². The minimum Gasteiger partial charge on any atom is -0.395 e. The molecular weight excluding hydrogens is 154 g/mol. The summed E-state index contributed by atoms with van der Waals surface area (Å²) in [5.41, 5.74) is 5.63. The zero-order chi connectivity index (χ0) is 9.19. The maximum Gasteiger partial charge on any atom is 0.0631 e. The van der Waals surface area contributed by atoms with Crippen LogP contribution in [-0.4, -0.2) is 29.5 Å². The number of aliphatic hydroxyl groups is 1. The van der Waals surface area contributed by atoms with Crippen molar-refractivity contribution in [1.82, 2.24) is 0 Å². The van der Waals surface area contributed by atoms with Crippen LogP contribution < -0.4 is 5.73 Å². The van der Waals surface area contributed by atoms with Crippen molar-refractivity contribution in [2.75, 3.05) is 6.61 Å². The normalized spacial score (nSPS) is 30.5. The van der Waals surface area contributed by atoms with Crippen molar-refractivity contribution < 1.29 is 9.84 Å². The zero-order valence-corrected chi connectivity index (χ0v) is 7.92. The lowest BCUT2D eigenvalue weighted by Crippen LogP contribution is -2.30. The molecule has 0 bridgehead atoms. The Morgan fingerprint density at radius 1 is 1.67 bits per heavy atom. The highest BCUT2D eigenvalue weighted by molar-refractivity contribution is 4.82. The predicted octanol–water partition coefficient (Wildman–Crippen LogP) is 0.654. The number of ether oxygens (including phenoxy) is 1. The first-order valence-corrected chi connectivity index (χ1v) is 4.58. The molecule has 0 amide bonds. The minimum atomic E-state index is -0.121. The molecule has 0 aromatic rings. The fourth-order valence-electron chi connectivity index (χ4n) is 1.66. The molecule has 0 aliphatic carbocycles. The van der Waals surface area contributed by atoms with Gasteiger partial charge in [-0.3, -0.25) is 0 Å². The molecule has 2 atom stereocenters. The summed E-state index contributed by atoms with van der Waals surface area (Å²) in [6.07, 6.45) is 3.19. The van der Waals surface area contributed by atoms with Crippen LogP contribution in [0.4, 0.5) is 0 Å². The van der Waals surface area contributed by atoms with E-state index in [4.69, 9.17) is 15.6 Å². The van der Waals surface area contributed by atoms with Crippen LogP contribution in [0.2, 0.25) is 0 Å². The van der Waals surface area contributed by atoms with Gasteiger partial charge in [0.2, 0.25) is 0 Å². The molecule has 72 valence electrons. The highest BCUT2D eigenvalue weighted by Crippen LogP contribution is 2.31. The Morgan fingerprint density at radius 3 is 2.75 bits per heavy atom. The van der Waals surface area contributed by atoms with Crippen molar-refractivity contribution in [3.05, 3.63) is 0 Å². The first-order chi connectivity index (χ1) is 5.53. The lowest BCUT2D eigenvalue weighted by atomic mass is 10.0. The van der Waals surface area contributed by atoms with E-state index in [0.29, 0.717) is 0 Å². The summed E-state index contributed by atoms with van der Waals surface area (Å²) in [7, 11) is 0. The summed E-state index contributed by atoms with van der Waals surface area (Å²) in [6, 6.07) is -0.121. The second kappa shape index (κ2) is 3.73. The van der Waals surface area contributed by atoms with Crippen molar-refractivity contribution in [3.63, 3.8) is 0 Å². The van der Waals surface area contributed by atoms with E-state index in [0.717, 1.165) is 19.3 Å². The molecule has 3 N–H and O–H groups in total. The molecule has 1 fully saturated rings. The van der Waals surface area contributed by atoms with Crippen LogP contribution in [0.25, 0.3) is 0 Å². The topological polar surface area (TPSA) is 55.5 Å². The van der Waals surface area contributed by atoms with Gasteiger partial charge in [-0.05, 0) is 33.1 Å². The van der Waals surface area contributed by atoms with Crippen LogP contribution in [-0.2, 0) is 4.74 Å². The molecular formula is C9H19NO2. The fourth-order valence-corrected chi connectivity index (χ4v) is 1.66. The molecule has 2 unspecified atom stereocenters. The Balaban J connectivity index is 2.28. The van der Waals surface area contributed by atoms with Gasteiger partial charge in [-0.1, -0.05) is 0 Å². The van der Waals surface area contributed by atoms with Crippen LogP contribution in [0.1, 0.15) is 33.1 Å². The number of hydrogen-bond donors (Lipinski definition) is 2. The molecule has 3 heteroatoms. The maximum absolute atomic E-state index is 8.74. The van der Waals surface area contributed by atoms with E-state index in [-0.39, 0.29) is 24.4 Å². The van der Waals surface area contributed by atoms with E-state index in [1.54, 1.807) is 0 Å². The standard InChI is InChI=1S/C9H19NO2/c1-9(2)4-3-8(12-9)5-7(10)6-11/h7-8,11H,3-6,10H2,1-2H3. The third-order valence-electron chi connectivity index (χ3n) is 2.35. The summed E-state index contributed by atoms with van der Waals surface area (Å²) in [5, 5.41) is 8.74. The lowest BCUT2D eigenvalue weighted by molar-refractivity contribution is -0.0225. The molecule has 1 saturated heterocycles. The van der Waals surface area contributed by atoms with Crippen LogP contribution in [0.15, 0.2) is 0 Å². The van der Waals surface area contributed by atoms with Crippen molar-refractivity contribution in [2.45, 2.75) is 50.9 Å². The smallest absolute Gasteiger partial charge is 0.0631 e. The highest BCUT2D eigenvalue weighted by atomic mass is 16.5. The summed E-state index contributed by atoms with van der Waals surface area (Å²) < 4.78 is 5.73. The molecule has 0 saturated carbocycles. The predicted molar refractivity (Wildman–Crippen MR) is 47.9 cm³/mol. The Morgan fingerprint density at radius 2 is 2.33 bits per heavy atom. The van der Waals surface area contributed by atoms with Gasteiger partial charge in [0.25, 0.3) is 0 Å². The monoisotopic (exact) mass is 173 g/mol. The summed E-state index contributed by atoms with van der Waals surface area (Å²) >= 11 is 0. The van der Waals surface area contributed by atoms with Gasteiger partial charge in [-0.25, -0.2) is 0 Å². The highest BCUT2D eigenvalue weighted by Gasteiger charge is 2.32. The minimum absolute atomic E-state index is 0.0137. The molecule has 1 aliphatic heterocycles. The summed E-state index contributed by atoms with van der Waals surface area (Å²) in [6.45, 7) is 4.25. The average molecular weight is 173 g/mol. The molecule has 1 heterocycles. The van der Waals surface area contributed by atoms with E-state index in [1.807, 2.05) is 0 Å². The molecule has 1 aliphatic rings. The Labute approximate surface area is 73.9 Å². The average Bonchev–Trinajstić information content (AvgIpc) is 2.30. The van der Waals surface area contributed by atoms with Crippen LogP contribution in [0, 0.1) is 0 Å². The quantitative estimate of drug-likeness (QED) is 0.659. The maximum atomic E-state index is 8.74.